The highest BCUT2D eigenvalue weighted by atomic mass is 16.4. The Hall–Kier alpha value is -0.610. The highest BCUT2D eigenvalue weighted by Crippen LogP contribution is 2.15. The predicted octanol–water partition coefficient (Wildman–Crippen LogP) is 0.783. The van der Waals surface area contributed by atoms with E-state index >= 15 is 0 Å². The Morgan fingerprint density at radius 3 is 3.07 bits per heavy atom. The van der Waals surface area contributed by atoms with Gasteiger partial charge < -0.3 is 15.3 Å². The maximum atomic E-state index is 10.3. The van der Waals surface area contributed by atoms with E-state index in [2.05, 4.69) is 17.1 Å². The van der Waals surface area contributed by atoms with Crippen LogP contribution < -0.4 is 5.32 Å². The van der Waals surface area contributed by atoms with Gasteiger partial charge in [0.05, 0.1) is 6.54 Å². The minimum absolute atomic E-state index is 0.0876. The Balaban J connectivity index is 2.15. The van der Waals surface area contributed by atoms with Crippen LogP contribution in [0.25, 0.3) is 0 Å². The summed E-state index contributed by atoms with van der Waals surface area (Å²) >= 11 is 0. The monoisotopic (exact) mass is 214 g/mol. The minimum Gasteiger partial charge on any atom is -0.480 e. The molecule has 1 rings (SSSR count). The van der Waals surface area contributed by atoms with Crippen molar-refractivity contribution >= 4 is 5.97 Å². The summed E-state index contributed by atoms with van der Waals surface area (Å²) < 4.78 is 0. The van der Waals surface area contributed by atoms with Crippen LogP contribution in [-0.2, 0) is 4.79 Å². The van der Waals surface area contributed by atoms with Crippen LogP contribution in [0.5, 0.6) is 0 Å². The van der Waals surface area contributed by atoms with Crippen molar-refractivity contribution in [1.82, 2.24) is 10.2 Å². The number of hydrogen-bond donors (Lipinski definition) is 2. The van der Waals surface area contributed by atoms with Crippen LogP contribution >= 0.6 is 0 Å². The summed E-state index contributed by atoms with van der Waals surface area (Å²) in [6.45, 7) is 6.64. The van der Waals surface area contributed by atoms with Gasteiger partial charge in [0.1, 0.15) is 0 Å². The number of carboxylic acids is 1. The average molecular weight is 214 g/mol. The third-order valence-corrected chi connectivity index (χ3v) is 2.85. The third kappa shape index (κ3) is 5.14. The summed E-state index contributed by atoms with van der Waals surface area (Å²) in [6.07, 6.45) is 3.68. The van der Waals surface area contributed by atoms with Crippen molar-refractivity contribution in [3.05, 3.63) is 0 Å². The van der Waals surface area contributed by atoms with Crippen LogP contribution in [0.3, 0.4) is 0 Å². The highest BCUT2D eigenvalue weighted by molar-refractivity contribution is 5.68. The van der Waals surface area contributed by atoms with Gasteiger partial charge in [-0.3, -0.25) is 4.79 Å². The Morgan fingerprint density at radius 2 is 2.40 bits per heavy atom. The molecule has 1 heterocycles. The Kier molecular flexibility index (Phi) is 5.65. The van der Waals surface area contributed by atoms with Crippen molar-refractivity contribution in [1.29, 1.82) is 0 Å². The van der Waals surface area contributed by atoms with Gasteiger partial charge >= 0.3 is 5.97 Å². The lowest BCUT2D eigenvalue weighted by Crippen LogP contribution is -2.40. The number of nitrogens with one attached hydrogen (secondary N) is 1. The molecule has 1 unspecified atom stereocenters. The fraction of sp³-hybridized carbons (Fsp3) is 0.909. The second kappa shape index (κ2) is 6.80. The van der Waals surface area contributed by atoms with Gasteiger partial charge in [-0.2, -0.15) is 0 Å². The molecule has 2 N–H and O–H groups in total. The molecule has 0 bridgehead atoms. The van der Waals surface area contributed by atoms with Gasteiger partial charge in [-0.05, 0) is 44.8 Å². The van der Waals surface area contributed by atoms with Gasteiger partial charge in [0.25, 0.3) is 0 Å². The van der Waals surface area contributed by atoms with Gasteiger partial charge in [0, 0.05) is 6.54 Å². The van der Waals surface area contributed by atoms with Gasteiger partial charge in [-0.25, -0.2) is 0 Å². The normalized spacial score (nSPS) is 22.9. The van der Waals surface area contributed by atoms with Crippen LogP contribution in [0.15, 0.2) is 0 Å². The lowest BCUT2D eigenvalue weighted by atomic mass is 9.98. The first-order chi connectivity index (χ1) is 7.22. The van der Waals surface area contributed by atoms with E-state index in [1.807, 2.05) is 0 Å². The van der Waals surface area contributed by atoms with Crippen LogP contribution in [0, 0.1) is 5.92 Å². The number of piperidine rings is 1. The SMILES string of the molecule is CCCN1CCCC(CNCC(=O)O)C1. The van der Waals surface area contributed by atoms with Gasteiger partial charge in [0.2, 0.25) is 0 Å². The Morgan fingerprint density at radius 1 is 1.60 bits per heavy atom. The molecule has 1 atom stereocenters. The molecule has 0 aromatic heterocycles. The van der Waals surface area contributed by atoms with Crippen molar-refractivity contribution in [3.63, 3.8) is 0 Å². The molecule has 0 spiro atoms. The maximum Gasteiger partial charge on any atom is 0.317 e. The van der Waals surface area contributed by atoms with Crippen LogP contribution in [0.2, 0.25) is 0 Å². The highest BCUT2D eigenvalue weighted by Gasteiger charge is 2.18. The molecule has 1 saturated heterocycles. The van der Waals surface area contributed by atoms with Crippen molar-refractivity contribution < 1.29 is 9.90 Å². The van der Waals surface area contributed by atoms with Crippen molar-refractivity contribution in [3.8, 4) is 0 Å². The molecule has 0 saturated carbocycles. The average Bonchev–Trinajstić information content (AvgIpc) is 2.18. The molecular weight excluding hydrogens is 192 g/mol. The Bertz CT molecular complexity index is 195. The molecule has 0 amide bonds. The molecule has 1 aliphatic heterocycles. The number of hydrogen-bond acceptors (Lipinski definition) is 3. The molecule has 4 nitrogen and oxygen atoms in total. The molecule has 88 valence electrons. The van der Waals surface area contributed by atoms with E-state index in [1.165, 1.54) is 32.4 Å². The first-order valence-corrected chi connectivity index (χ1v) is 5.87. The topological polar surface area (TPSA) is 52.6 Å². The van der Waals surface area contributed by atoms with E-state index in [9.17, 15) is 4.79 Å². The molecule has 0 radical (unpaired) electrons. The molecule has 4 heteroatoms. The molecule has 1 aliphatic rings. The summed E-state index contributed by atoms with van der Waals surface area (Å²) in [4.78, 5) is 12.8. The molecule has 15 heavy (non-hydrogen) atoms. The van der Waals surface area contributed by atoms with Crippen molar-refractivity contribution in [2.24, 2.45) is 5.92 Å². The summed E-state index contributed by atoms with van der Waals surface area (Å²) in [5.41, 5.74) is 0. The van der Waals surface area contributed by atoms with E-state index in [1.54, 1.807) is 0 Å². The Labute approximate surface area is 91.6 Å². The number of likely N-dealkylation sites (tertiary alicyclic amines) is 1. The van der Waals surface area contributed by atoms with Crippen molar-refractivity contribution in [2.45, 2.75) is 26.2 Å². The quantitative estimate of drug-likeness (QED) is 0.686. The first kappa shape index (κ1) is 12.5. The molecular formula is C11H22N2O2. The fourth-order valence-electron chi connectivity index (χ4n) is 2.22. The largest absolute Gasteiger partial charge is 0.480 e. The number of rotatable bonds is 6. The maximum absolute atomic E-state index is 10.3. The van der Waals surface area contributed by atoms with Crippen LogP contribution in [0.4, 0.5) is 0 Å². The van der Waals surface area contributed by atoms with Crippen LogP contribution in [0.1, 0.15) is 26.2 Å². The second-order valence-corrected chi connectivity index (χ2v) is 4.33. The standard InChI is InChI=1S/C11H22N2O2/c1-2-5-13-6-3-4-10(9-13)7-12-8-11(14)15/h10,12H,2-9H2,1H3,(H,14,15). The zero-order valence-corrected chi connectivity index (χ0v) is 9.54. The van der Waals surface area contributed by atoms with Crippen molar-refractivity contribution in [2.75, 3.05) is 32.7 Å². The second-order valence-electron chi connectivity index (χ2n) is 4.33. The number of aliphatic carboxylic acids is 1. The van der Waals surface area contributed by atoms with E-state index in [0.29, 0.717) is 5.92 Å². The van der Waals surface area contributed by atoms with Gasteiger partial charge in [-0.15, -0.1) is 0 Å². The van der Waals surface area contributed by atoms with Crippen LogP contribution in [-0.4, -0.2) is 48.7 Å². The summed E-state index contributed by atoms with van der Waals surface area (Å²) in [5.74, 6) is -0.138. The predicted molar refractivity (Wildman–Crippen MR) is 60.0 cm³/mol. The minimum atomic E-state index is -0.767. The molecule has 0 aromatic carbocycles. The van der Waals surface area contributed by atoms with Gasteiger partial charge in [0.15, 0.2) is 0 Å². The molecule has 0 aromatic rings. The number of carbonyl (C=O) groups is 1. The lowest BCUT2D eigenvalue weighted by molar-refractivity contribution is -0.136. The van der Waals surface area contributed by atoms with E-state index in [-0.39, 0.29) is 6.54 Å². The number of carboxylic acid groups (broad SMARTS) is 1. The zero-order valence-electron chi connectivity index (χ0n) is 9.54. The first-order valence-electron chi connectivity index (χ1n) is 5.87. The fourth-order valence-corrected chi connectivity index (χ4v) is 2.22. The van der Waals surface area contributed by atoms with E-state index in [4.69, 9.17) is 5.11 Å². The van der Waals surface area contributed by atoms with E-state index < -0.39 is 5.97 Å². The summed E-state index contributed by atoms with van der Waals surface area (Å²) in [5, 5.41) is 11.5. The van der Waals surface area contributed by atoms with E-state index in [0.717, 1.165) is 13.1 Å². The zero-order chi connectivity index (χ0) is 11.1. The third-order valence-electron chi connectivity index (χ3n) is 2.85. The molecule has 1 fully saturated rings. The summed E-state index contributed by atoms with van der Waals surface area (Å²) in [6, 6.07) is 0. The smallest absolute Gasteiger partial charge is 0.317 e. The summed E-state index contributed by atoms with van der Waals surface area (Å²) in [7, 11) is 0. The molecule has 0 aliphatic carbocycles. The van der Waals surface area contributed by atoms with Gasteiger partial charge in [-0.1, -0.05) is 6.92 Å². The lowest BCUT2D eigenvalue weighted by Gasteiger charge is -2.32. The number of nitrogens with zero attached hydrogens (tertiary/aromatic N) is 1.